The summed E-state index contributed by atoms with van der Waals surface area (Å²) in [6.07, 6.45) is 0.891. The topological polar surface area (TPSA) is 57.6 Å². The summed E-state index contributed by atoms with van der Waals surface area (Å²) in [5.41, 5.74) is 2.55. The van der Waals surface area contributed by atoms with Crippen LogP contribution in [0.2, 0.25) is 0 Å². The van der Waals surface area contributed by atoms with Crippen molar-refractivity contribution in [2.24, 2.45) is 17.8 Å². The number of carbonyl (C=O) groups excluding carboxylic acids is 1. The summed E-state index contributed by atoms with van der Waals surface area (Å²) in [5.74, 6) is -0.161. The van der Waals surface area contributed by atoms with Gasteiger partial charge >= 0.3 is 5.97 Å². The summed E-state index contributed by atoms with van der Waals surface area (Å²) in [5, 5.41) is 9.20. The first-order valence-corrected chi connectivity index (χ1v) is 8.50. The molecule has 4 atom stereocenters. The van der Waals surface area contributed by atoms with E-state index in [0.29, 0.717) is 24.9 Å². The minimum Gasteiger partial charge on any atom is -0.481 e. The maximum absolute atomic E-state index is 12.6. The van der Waals surface area contributed by atoms with Crippen molar-refractivity contribution < 1.29 is 14.7 Å². The molecule has 3 rings (SSSR count). The van der Waals surface area contributed by atoms with Crippen LogP contribution in [-0.4, -0.2) is 35.0 Å². The van der Waals surface area contributed by atoms with E-state index in [1.807, 2.05) is 6.92 Å². The Kier molecular flexibility index (Phi) is 4.17. The van der Waals surface area contributed by atoms with E-state index in [1.54, 1.807) is 4.90 Å². The number of likely N-dealkylation sites (tertiary alicyclic amines) is 1. The molecule has 1 saturated heterocycles. The van der Waals surface area contributed by atoms with Gasteiger partial charge in [-0.3, -0.25) is 9.59 Å². The molecule has 1 N–H and O–H groups in total. The number of amides is 1. The van der Waals surface area contributed by atoms with Gasteiger partial charge < -0.3 is 10.0 Å². The molecule has 1 aromatic carbocycles. The molecule has 2 aliphatic rings. The van der Waals surface area contributed by atoms with Gasteiger partial charge in [-0.15, -0.1) is 0 Å². The molecule has 0 radical (unpaired) electrons. The summed E-state index contributed by atoms with van der Waals surface area (Å²) in [7, 11) is 0. The summed E-state index contributed by atoms with van der Waals surface area (Å²) >= 11 is 0. The fraction of sp³-hybridized carbons (Fsp3) is 0.579. The molecule has 2 unspecified atom stereocenters. The molecule has 1 aliphatic carbocycles. The van der Waals surface area contributed by atoms with E-state index in [0.717, 1.165) is 6.42 Å². The van der Waals surface area contributed by atoms with Gasteiger partial charge in [-0.1, -0.05) is 45.0 Å². The average molecular weight is 315 g/mol. The zero-order valence-electron chi connectivity index (χ0n) is 14.0. The maximum Gasteiger partial charge on any atom is 0.308 e. The fourth-order valence-corrected chi connectivity index (χ4v) is 3.67. The minimum atomic E-state index is -0.788. The number of hydrogen-bond donors (Lipinski definition) is 1. The molecular formula is C19H25NO3. The molecule has 0 aromatic heterocycles. The quantitative estimate of drug-likeness (QED) is 0.929. The second-order valence-electron chi connectivity index (χ2n) is 7.44. The van der Waals surface area contributed by atoms with Crippen LogP contribution in [0.3, 0.4) is 0 Å². The van der Waals surface area contributed by atoms with Crippen molar-refractivity contribution in [1.82, 2.24) is 4.90 Å². The summed E-state index contributed by atoms with van der Waals surface area (Å²) in [6, 6.07) is 8.58. The second kappa shape index (κ2) is 5.99. The first kappa shape index (κ1) is 16.0. The Morgan fingerprint density at radius 3 is 2.30 bits per heavy atom. The van der Waals surface area contributed by atoms with Crippen molar-refractivity contribution in [3.63, 3.8) is 0 Å². The Morgan fingerprint density at radius 2 is 1.78 bits per heavy atom. The summed E-state index contributed by atoms with van der Waals surface area (Å²) in [4.78, 5) is 25.6. The third kappa shape index (κ3) is 3.12. The van der Waals surface area contributed by atoms with Crippen molar-refractivity contribution in [1.29, 1.82) is 0 Å². The van der Waals surface area contributed by atoms with Crippen LogP contribution < -0.4 is 0 Å². The van der Waals surface area contributed by atoms with Crippen molar-refractivity contribution in [3.05, 3.63) is 35.4 Å². The number of aliphatic carboxylic acids is 1. The molecule has 2 fully saturated rings. The standard InChI is InChI=1S/C19H25NO3/c1-11(2)13-4-6-14(7-5-13)15-8-16(15)18(21)20-9-12(3)17(10-20)19(22)23/h4-7,11-12,15-17H,8-10H2,1-3H3,(H,22,23)/t12-,15?,16?,17-/m1/s1. The van der Waals surface area contributed by atoms with Crippen molar-refractivity contribution >= 4 is 11.9 Å². The zero-order chi connectivity index (χ0) is 16.7. The lowest BCUT2D eigenvalue weighted by molar-refractivity contribution is -0.142. The average Bonchev–Trinajstić information content (AvgIpc) is 3.21. The molecule has 1 aromatic rings. The highest BCUT2D eigenvalue weighted by Crippen LogP contribution is 2.49. The molecular weight excluding hydrogens is 290 g/mol. The number of carboxylic acids is 1. The number of benzene rings is 1. The van der Waals surface area contributed by atoms with Crippen LogP contribution in [0.4, 0.5) is 0 Å². The SMILES string of the molecule is CC(C)c1ccc(C2CC2C(=O)N2C[C@@H](C)[C@H](C(=O)O)C2)cc1. The van der Waals surface area contributed by atoms with Crippen LogP contribution in [0.15, 0.2) is 24.3 Å². The fourth-order valence-electron chi connectivity index (χ4n) is 3.67. The molecule has 4 nitrogen and oxygen atoms in total. The molecule has 4 heteroatoms. The van der Waals surface area contributed by atoms with E-state index in [9.17, 15) is 14.7 Å². The van der Waals surface area contributed by atoms with Gasteiger partial charge in [0.1, 0.15) is 0 Å². The first-order chi connectivity index (χ1) is 10.9. The Balaban J connectivity index is 1.62. The molecule has 0 bridgehead atoms. The number of carbonyl (C=O) groups is 2. The van der Waals surface area contributed by atoms with E-state index in [-0.39, 0.29) is 17.7 Å². The van der Waals surface area contributed by atoms with Gasteiger partial charge in [0.05, 0.1) is 5.92 Å². The molecule has 1 saturated carbocycles. The highest BCUT2D eigenvalue weighted by Gasteiger charge is 2.48. The molecule has 23 heavy (non-hydrogen) atoms. The van der Waals surface area contributed by atoms with E-state index in [4.69, 9.17) is 0 Å². The number of hydrogen-bond acceptors (Lipinski definition) is 2. The van der Waals surface area contributed by atoms with Gasteiger partial charge in [-0.25, -0.2) is 0 Å². The van der Waals surface area contributed by atoms with E-state index in [1.165, 1.54) is 11.1 Å². The van der Waals surface area contributed by atoms with Gasteiger partial charge in [0.2, 0.25) is 5.91 Å². The van der Waals surface area contributed by atoms with Gasteiger partial charge in [-0.2, -0.15) is 0 Å². The van der Waals surface area contributed by atoms with Gasteiger partial charge in [0, 0.05) is 19.0 Å². The minimum absolute atomic E-state index is 0.0407. The monoisotopic (exact) mass is 315 g/mol. The Bertz CT molecular complexity index is 608. The van der Waals surface area contributed by atoms with Gasteiger partial charge in [0.15, 0.2) is 0 Å². The van der Waals surface area contributed by atoms with Crippen LogP contribution in [0, 0.1) is 17.8 Å². The largest absolute Gasteiger partial charge is 0.481 e. The lowest BCUT2D eigenvalue weighted by Gasteiger charge is -2.16. The molecule has 0 spiro atoms. The van der Waals surface area contributed by atoms with Crippen LogP contribution in [0.1, 0.15) is 50.2 Å². The van der Waals surface area contributed by atoms with Gasteiger partial charge in [-0.05, 0) is 35.3 Å². The Morgan fingerprint density at radius 1 is 1.13 bits per heavy atom. The van der Waals surface area contributed by atoms with E-state index in [2.05, 4.69) is 38.1 Å². The van der Waals surface area contributed by atoms with E-state index < -0.39 is 11.9 Å². The second-order valence-corrected chi connectivity index (χ2v) is 7.44. The highest BCUT2D eigenvalue weighted by atomic mass is 16.4. The number of rotatable bonds is 4. The molecule has 1 heterocycles. The third-order valence-corrected chi connectivity index (χ3v) is 5.38. The van der Waals surface area contributed by atoms with Crippen LogP contribution in [-0.2, 0) is 9.59 Å². The van der Waals surface area contributed by atoms with Gasteiger partial charge in [0.25, 0.3) is 0 Å². The maximum atomic E-state index is 12.6. The Hall–Kier alpha value is -1.84. The predicted molar refractivity (Wildman–Crippen MR) is 88.2 cm³/mol. The van der Waals surface area contributed by atoms with Crippen molar-refractivity contribution in [2.75, 3.05) is 13.1 Å². The summed E-state index contributed by atoms with van der Waals surface area (Å²) < 4.78 is 0. The number of carboxylic acid groups (broad SMARTS) is 1. The smallest absolute Gasteiger partial charge is 0.308 e. The van der Waals surface area contributed by atoms with Crippen LogP contribution in [0.25, 0.3) is 0 Å². The predicted octanol–water partition coefficient (Wildman–Crippen LogP) is 3.09. The van der Waals surface area contributed by atoms with E-state index >= 15 is 0 Å². The lowest BCUT2D eigenvalue weighted by Crippen LogP contribution is -2.31. The highest BCUT2D eigenvalue weighted by molar-refractivity contribution is 5.84. The summed E-state index contributed by atoms with van der Waals surface area (Å²) in [6.45, 7) is 7.20. The van der Waals surface area contributed by atoms with Crippen molar-refractivity contribution in [3.8, 4) is 0 Å². The van der Waals surface area contributed by atoms with Crippen LogP contribution in [0.5, 0.6) is 0 Å². The molecule has 1 aliphatic heterocycles. The lowest BCUT2D eigenvalue weighted by atomic mass is 9.99. The van der Waals surface area contributed by atoms with Crippen molar-refractivity contribution in [2.45, 2.75) is 39.0 Å². The molecule has 124 valence electrons. The Labute approximate surface area is 137 Å². The third-order valence-electron chi connectivity index (χ3n) is 5.38. The molecule has 1 amide bonds. The first-order valence-electron chi connectivity index (χ1n) is 8.50. The zero-order valence-corrected chi connectivity index (χ0v) is 14.0. The normalized spacial score (nSPS) is 29.8. The number of nitrogens with zero attached hydrogens (tertiary/aromatic N) is 1. The van der Waals surface area contributed by atoms with Crippen LogP contribution >= 0.6 is 0 Å².